The van der Waals surface area contributed by atoms with Gasteiger partial charge in [0.05, 0.1) is 41.9 Å². The number of aromatic hydroxyl groups is 1. The minimum Gasteiger partial charge on any atom is -0.507 e. The van der Waals surface area contributed by atoms with Gasteiger partial charge in [-0.25, -0.2) is 4.98 Å². The van der Waals surface area contributed by atoms with E-state index >= 15 is 0 Å². The molecule has 0 bridgehead atoms. The van der Waals surface area contributed by atoms with E-state index < -0.39 is 23.5 Å². The van der Waals surface area contributed by atoms with Crippen molar-refractivity contribution in [2.24, 2.45) is 0 Å². The Kier molecular flexibility index (Phi) is 6.22. The average Bonchev–Trinajstić information content (AvgIpc) is 3.43. The summed E-state index contributed by atoms with van der Waals surface area (Å²) in [6.45, 7) is 2.04. The van der Waals surface area contributed by atoms with Crippen LogP contribution in [-0.4, -0.2) is 45.6 Å². The molecule has 1 amide bonds. The predicted octanol–water partition coefficient (Wildman–Crippen LogP) is 4.96. The Bertz CT molecular complexity index is 1540. The summed E-state index contributed by atoms with van der Waals surface area (Å²) in [4.78, 5) is 35.7. The topological polar surface area (TPSA) is 125 Å². The fourth-order valence-electron chi connectivity index (χ4n) is 4.40. The number of benzene rings is 3. The number of anilines is 1. The Balaban J connectivity index is 1.77. The van der Waals surface area contributed by atoms with Gasteiger partial charge in [0.1, 0.15) is 11.5 Å². The molecule has 3 N–H and O–H groups in total. The highest BCUT2D eigenvalue weighted by Gasteiger charge is 2.48. The molecule has 1 aliphatic rings. The number of aliphatic hydroxyl groups is 1. The van der Waals surface area contributed by atoms with Crippen LogP contribution in [0, 0.1) is 0 Å². The number of imidazole rings is 1. The standard InChI is InChI=1S/C27H22ClN3O6/c1-3-37-21-12-14(8-10-19(21)32)23-22(24(33)16-13-15(28)9-11-20(16)36-2)25(34)26(35)31(23)27-29-17-6-4-5-7-18(17)30-27/h4-13,23,32-33H,3H2,1-2H3,(H,29,30)/b24-22+. The maximum atomic E-state index is 13.5. The van der Waals surface area contributed by atoms with Crippen molar-refractivity contribution < 1.29 is 29.3 Å². The number of hydrogen-bond donors (Lipinski definition) is 3. The summed E-state index contributed by atoms with van der Waals surface area (Å²) >= 11 is 6.17. The largest absolute Gasteiger partial charge is 0.507 e. The van der Waals surface area contributed by atoms with Crippen molar-refractivity contribution in [1.82, 2.24) is 9.97 Å². The Morgan fingerprint density at radius 2 is 1.89 bits per heavy atom. The summed E-state index contributed by atoms with van der Waals surface area (Å²) in [5.74, 6) is -1.84. The zero-order valence-corrected chi connectivity index (χ0v) is 20.6. The van der Waals surface area contributed by atoms with Crippen molar-refractivity contribution in [1.29, 1.82) is 0 Å². The lowest BCUT2D eigenvalue weighted by Crippen LogP contribution is -2.30. The number of halogens is 1. The van der Waals surface area contributed by atoms with Crippen LogP contribution in [0.25, 0.3) is 16.8 Å². The minimum absolute atomic E-state index is 0.109. The molecule has 9 nitrogen and oxygen atoms in total. The maximum absolute atomic E-state index is 13.5. The van der Waals surface area contributed by atoms with E-state index in [0.29, 0.717) is 21.6 Å². The molecule has 10 heteroatoms. The van der Waals surface area contributed by atoms with E-state index in [9.17, 15) is 19.8 Å². The number of ketones is 1. The van der Waals surface area contributed by atoms with Crippen LogP contribution in [0.3, 0.4) is 0 Å². The van der Waals surface area contributed by atoms with Gasteiger partial charge in [-0.05, 0) is 55.0 Å². The van der Waals surface area contributed by atoms with Gasteiger partial charge in [-0.1, -0.05) is 29.8 Å². The molecule has 1 atom stereocenters. The summed E-state index contributed by atoms with van der Waals surface area (Å²) < 4.78 is 10.9. The van der Waals surface area contributed by atoms with Gasteiger partial charge in [0.15, 0.2) is 11.5 Å². The highest BCUT2D eigenvalue weighted by molar-refractivity contribution is 6.51. The molecular weight excluding hydrogens is 498 g/mol. The number of fused-ring (bicyclic) bond motifs is 1. The summed E-state index contributed by atoms with van der Waals surface area (Å²) in [6.07, 6.45) is 0. The first kappa shape index (κ1) is 24.2. The summed E-state index contributed by atoms with van der Waals surface area (Å²) in [6, 6.07) is 15.1. The molecule has 0 radical (unpaired) electrons. The van der Waals surface area contributed by atoms with Crippen molar-refractivity contribution in [3.8, 4) is 17.2 Å². The van der Waals surface area contributed by atoms with Crippen LogP contribution in [0.5, 0.6) is 17.2 Å². The summed E-state index contributed by atoms with van der Waals surface area (Å²) in [5, 5.41) is 22.0. The number of rotatable bonds is 6. The van der Waals surface area contributed by atoms with Crippen molar-refractivity contribution in [3.05, 3.63) is 82.4 Å². The third kappa shape index (κ3) is 4.13. The Morgan fingerprint density at radius 3 is 2.62 bits per heavy atom. The van der Waals surface area contributed by atoms with E-state index in [-0.39, 0.29) is 40.9 Å². The van der Waals surface area contributed by atoms with E-state index in [1.54, 1.807) is 43.3 Å². The number of Topliss-reactive ketones (excluding diaryl/α,β-unsaturated/α-hetero) is 1. The molecule has 188 valence electrons. The monoisotopic (exact) mass is 519 g/mol. The number of amides is 1. The van der Waals surface area contributed by atoms with Gasteiger partial charge < -0.3 is 24.7 Å². The van der Waals surface area contributed by atoms with Crippen LogP contribution in [0.2, 0.25) is 5.02 Å². The number of methoxy groups -OCH3 is 1. The second-order valence-electron chi connectivity index (χ2n) is 8.25. The van der Waals surface area contributed by atoms with Gasteiger partial charge in [0.2, 0.25) is 5.95 Å². The first-order chi connectivity index (χ1) is 17.8. The number of carbonyl (C=O) groups excluding carboxylic acids is 2. The molecule has 1 unspecified atom stereocenters. The minimum atomic E-state index is -1.11. The Morgan fingerprint density at radius 1 is 1.11 bits per heavy atom. The summed E-state index contributed by atoms with van der Waals surface area (Å²) in [5.41, 5.74) is 1.61. The molecule has 0 aliphatic carbocycles. The number of nitrogens with zero attached hydrogens (tertiary/aromatic N) is 2. The number of nitrogens with one attached hydrogen (secondary N) is 1. The third-order valence-electron chi connectivity index (χ3n) is 6.07. The first-order valence-corrected chi connectivity index (χ1v) is 11.8. The molecule has 0 saturated carbocycles. The van der Waals surface area contributed by atoms with Crippen LogP contribution < -0.4 is 14.4 Å². The van der Waals surface area contributed by atoms with Crippen LogP contribution in [0.1, 0.15) is 24.1 Å². The van der Waals surface area contributed by atoms with E-state index in [1.165, 1.54) is 30.2 Å². The van der Waals surface area contributed by atoms with Gasteiger partial charge in [0, 0.05) is 5.02 Å². The van der Waals surface area contributed by atoms with Crippen molar-refractivity contribution >= 4 is 46.0 Å². The zero-order chi connectivity index (χ0) is 26.3. The highest BCUT2D eigenvalue weighted by Crippen LogP contribution is 2.44. The maximum Gasteiger partial charge on any atom is 0.302 e. The molecule has 4 aromatic rings. The first-order valence-electron chi connectivity index (χ1n) is 11.4. The normalized spacial score (nSPS) is 16.9. The van der Waals surface area contributed by atoms with E-state index in [0.717, 1.165) is 0 Å². The third-order valence-corrected chi connectivity index (χ3v) is 6.30. The van der Waals surface area contributed by atoms with Gasteiger partial charge in [-0.2, -0.15) is 0 Å². The Hall–Kier alpha value is -4.50. The predicted molar refractivity (Wildman–Crippen MR) is 138 cm³/mol. The van der Waals surface area contributed by atoms with Crippen LogP contribution in [0.4, 0.5) is 5.95 Å². The second-order valence-corrected chi connectivity index (χ2v) is 8.69. The number of phenols is 1. The number of phenolic OH excluding ortho intramolecular Hbond substituents is 1. The number of para-hydroxylation sites is 2. The van der Waals surface area contributed by atoms with Gasteiger partial charge in [-0.3, -0.25) is 14.5 Å². The van der Waals surface area contributed by atoms with Crippen LogP contribution in [0.15, 0.2) is 66.2 Å². The number of carbonyl (C=O) groups is 2. The number of aliphatic hydroxyl groups excluding tert-OH is 1. The Labute approximate surface area is 216 Å². The molecule has 2 heterocycles. The smallest absolute Gasteiger partial charge is 0.302 e. The highest BCUT2D eigenvalue weighted by atomic mass is 35.5. The fourth-order valence-corrected chi connectivity index (χ4v) is 4.57. The molecule has 1 aromatic heterocycles. The molecule has 3 aromatic carbocycles. The second kappa shape index (κ2) is 9.51. The molecule has 37 heavy (non-hydrogen) atoms. The summed E-state index contributed by atoms with van der Waals surface area (Å²) in [7, 11) is 1.42. The van der Waals surface area contributed by atoms with E-state index in [1.807, 2.05) is 6.07 Å². The van der Waals surface area contributed by atoms with Gasteiger partial charge >= 0.3 is 5.91 Å². The van der Waals surface area contributed by atoms with Crippen LogP contribution in [-0.2, 0) is 9.59 Å². The average molecular weight is 520 g/mol. The number of hydrogen-bond acceptors (Lipinski definition) is 7. The van der Waals surface area contributed by atoms with Crippen molar-refractivity contribution in [2.75, 3.05) is 18.6 Å². The molecular formula is C27H22ClN3O6. The fraction of sp³-hybridized carbons (Fsp3) is 0.148. The van der Waals surface area contributed by atoms with E-state index in [2.05, 4.69) is 9.97 Å². The lowest BCUT2D eigenvalue weighted by molar-refractivity contribution is -0.132. The van der Waals surface area contributed by atoms with Crippen molar-refractivity contribution in [3.63, 3.8) is 0 Å². The lowest BCUT2D eigenvalue weighted by Gasteiger charge is -2.24. The SMILES string of the molecule is CCOc1cc(C2/C(=C(\O)c3cc(Cl)ccc3OC)C(=O)C(=O)N2c2nc3ccccc3[nH]2)ccc1O. The van der Waals surface area contributed by atoms with Gasteiger partial charge in [-0.15, -0.1) is 0 Å². The zero-order valence-electron chi connectivity index (χ0n) is 19.9. The quantitative estimate of drug-likeness (QED) is 0.187. The number of ether oxygens (including phenoxy) is 2. The molecule has 1 fully saturated rings. The van der Waals surface area contributed by atoms with Gasteiger partial charge in [0.25, 0.3) is 5.78 Å². The molecule has 1 saturated heterocycles. The van der Waals surface area contributed by atoms with Crippen molar-refractivity contribution in [2.45, 2.75) is 13.0 Å². The number of H-pyrrole nitrogens is 1. The number of aromatic nitrogens is 2. The molecule has 1 aliphatic heterocycles. The van der Waals surface area contributed by atoms with E-state index in [4.69, 9.17) is 21.1 Å². The molecule has 5 rings (SSSR count). The van der Waals surface area contributed by atoms with Crippen LogP contribution >= 0.6 is 11.6 Å². The number of aromatic amines is 1. The lowest BCUT2D eigenvalue weighted by atomic mass is 9.94. The molecule has 0 spiro atoms.